The fourth-order valence-corrected chi connectivity index (χ4v) is 2.27. The summed E-state index contributed by atoms with van der Waals surface area (Å²) in [5.41, 5.74) is -0.634. The highest BCUT2D eigenvalue weighted by atomic mass is 19.3. The van der Waals surface area contributed by atoms with E-state index in [0.29, 0.717) is 23.5 Å². The molecule has 1 heterocycles. The van der Waals surface area contributed by atoms with Crippen molar-refractivity contribution < 1.29 is 18.3 Å². The van der Waals surface area contributed by atoms with Gasteiger partial charge in [-0.2, -0.15) is 5.26 Å². The number of amides is 1. The zero-order valence-electron chi connectivity index (χ0n) is 16.3. The summed E-state index contributed by atoms with van der Waals surface area (Å²) in [4.78, 5) is 18.3. The number of carbonyl (C=O) groups excluding carboxylic acids is 1. The molecule has 0 fully saturated rings. The Morgan fingerprint density at radius 1 is 1.52 bits per heavy atom. The van der Waals surface area contributed by atoms with Crippen LogP contribution in [0.3, 0.4) is 0 Å². The lowest BCUT2D eigenvalue weighted by molar-refractivity contribution is -0.131. The lowest BCUT2D eigenvalue weighted by Crippen LogP contribution is -2.58. The van der Waals surface area contributed by atoms with Crippen LogP contribution < -0.4 is 5.32 Å². The Hall–Kier alpha value is -2.53. The Balaban J connectivity index is 2.83. The molecule has 148 valence electrons. The highest BCUT2D eigenvalue weighted by Gasteiger charge is 2.43. The summed E-state index contributed by atoms with van der Waals surface area (Å²) in [6, 6.07) is 1.92. The molecule has 0 aliphatic carbocycles. The predicted molar refractivity (Wildman–Crippen MR) is 100 cm³/mol. The van der Waals surface area contributed by atoms with Crippen LogP contribution in [0, 0.1) is 11.3 Å². The largest absolute Gasteiger partial charge is 0.358 e. The second-order valence-electron chi connectivity index (χ2n) is 6.88. The van der Waals surface area contributed by atoms with Gasteiger partial charge in [-0.15, -0.1) is 0 Å². The highest BCUT2D eigenvalue weighted by molar-refractivity contribution is 5.88. The number of rotatable bonds is 8. The number of amidine groups is 1. The van der Waals surface area contributed by atoms with Gasteiger partial charge in [0.25, 0.3) is 5.92 Å². The van der Waals surface area contributed by atoms with E-state index in [2.05, 4.69) is 16.9 Å². The minimum atomic E-state index is -3.07. The number of halogens is 2. The molecule has 1 atom stereocenters. The third-order valence-electron chi connectivity index (χ3n) is 4.26. The van der Waals surface area contributed by atoms with Crippen LogP contribution in [-0.2, 0) is 9.53 Å². The number of carbonyl (C=O) groups is 1. The summed E-state index contributed by atoms with van der Waals surface area (Å²) >= 11 is 0. The van der Waals surface area contributed by atoms with E-state index in [9.17, 15) is 13.6 Å². The second-order valence-corrected chi connectivity index (χ2v) is 6.88. The second kappa shape index (κ2) is 8.91. The van der Waals surface area contributed by atoms with E-state index in [1.165, 1.54) is 21.0 Å². The molecule has 1 unspecified atom stereocenters. The lowest BCUT2D eigenvalue weighted by Gasteiger charge is -2.36. The van der Waals surface area contributed by atoms with Gasteiger partial charge in [-0.3, -0.25) is 4.79 Å². The number of alkyl halides is 2. The van der Waals surface area contributed by atoms with Gasteiger partial charge in [0.15, 0.2) is 6.23 Å². The molecule has 1 N–H and O–H groups in total. The van der Waals surface area contributed by atoms with Crippen LogP contribution in [0.2, 0.25) is 0 Å². The van der Waals surface area contributed by atoms with Crippen molar-refractivity contribution in [3.8, 4) is 6.07 Å². The summed E-state index contributed by atoms with van der Waals surface area (Å²) in [6.07, 6.45) is 5.00. The minimum absolute atomic E-state index is 0.168. The summed E-state index contributed by atoms with van der Waals surface area (Å²) in [5.74, 6) is -3.09. The van der Waals surface area contributed by atoms with Gasteiger partial charge in [0.2, 0.25) is 5.91 Å². The molecule has 0 aromatic heterocycles. The van der Waals surface area contributed by atoms with E-state index in [4.69, 9.17) is 10.00 Å². The fourth-order valence-electron chi connectivity index (χ4n) is 2.27. The number of ether oxygens (including phenoxy) is 1. The average Bonchev–Trinajstić information content (AvgIpc) is 2.55. The van der Waals surface area contributed by atoms with Crippen LogP contribution in [0.15, 0.2) is 41.1 Å². The molecule has 0 radical (unpaired) electrons. The zero-order chi connectivity index (χ0) is 20.8. The van der Waals surface area contributed by atoms with Gasteiger partial charge in [-0.1, -0.05) is 12.7 Å². The van der Waals surface area contributed by atoms with Crippen molar-refractivity contribution in [2.45, 2.75) is 51.8 Å². The maximum Gasteiger partial charge on any atom is 0.267 e. The number of allylic oxidation sites excluding steroid dienone is 3. The molecule has 8 heteroatoms. The van der Waals surface area contributed by atoms with Gasteiger partial charge >= 0.3 is 0 Å². The number of aliphatic imine (C=N–C) groups is 1. The Kier molecular flexibility index (Phi) is 7.43. The maximum absolute atomic E-state index is 13.6. The maximum atomic E-state index is 13.6. The molecular weight excluding hydrogens is 354 g/mol. The van der Waals surface area contributed by atoms with Crippen LogP contribution >= 0.6 is 0 Å². The average molecular weight is 380 g/mol. The molecule has 27 heavy (non-hydrogen) atoms. The summed E-state index contributed by atoms with van der Waals surface area (Å²) in [5, 5.41) is 11.0. The third kappa shape index (κ3) is 6.29. The monoisotopic (exact) mass is 380 g/mol. The van der Waals surface area contributed by atoms with Crippen LogP contribution in [0.25, 0.3) is 0 Å². The quantitative estimate of drug-likeness (QED) is 0.518. The van der Waals surface area contributed by atoms with Crippen LogP contribution in [0.4, 0.5) is 8.78 Å². The lowest BCUT2D eigenvalue weighted by atomic mass is 9.97. The SMILES string of the molecule is C=C(C#N)/C=C\CC1=CC(OC)N(CC(=O)NC(C)(C)C(C)(F)F)C(C)=N1. The molecule has 0 saturated heterocycles. The first-order valence-electron chi connectivity index (χ1n) is 8.41. The van der Waals surface area contributed by atoms with E-state index in [-0.39, 0.29) is 6.54 Å². The predicted octanol–water partition coefficient (Wildman–Crippen LogP) is 3.15. The number of nitriles is 1. The van der Waals surface area contributed by atoms with Gasteiger partial charge in [-0.05, 0) is 32.9 Å². The van der Waals surface area contributed by atoms with E-state index in [1.54, 1.807) is 30.1 Å². The fraction of sp³-hybridized carbons (Fsp3) is 0.526. The van der Waals surface area contributed by atoms with Crippen LogP contribution in [-0.4, -0.2) is 48.0 Å². The van der Waals surface area contributed by atoms with Crippen LogP contribution in [0.1, 0.15) is 34.1 Å². The van der Waals surface area contributed by atoms with Crippen molar-refractivity contribution in [1.82, 2.24) is 10.2 Å². The van der Waals surface area contributed by atoms with Gasteiger partial charge < -0.3 is 15.0 Å². The Morgan fingerprint density at radius 3 is 2.67 bits per heavy atom. The molecule has 0 aromatic carbocycles. The number of nitrogens with zero attached hydrogens (tertiary/aromatic N) is 3. The first-order valence-corrected chi connectivity index (χ1v) is 8.41. The van der Waals surface area contributed by atoms with Crippen molar-refractivity contribution in [2.75, 3.05) is 13.7 Å². The van der Waals surface area contributed by atoms with Crippen molar-refractivity contribution in [3.63, 3.8) is 0 Å². The topological polar surface area (TPSA) is 77.7 Å². The van der Waals surface area contributed by atoms with Crippen molar-refractivity contribution in [2.24, 2.45) is 4.99 Å². The van der Waals surface area contributed by atoms with Gasteiger partial charge in [-0.25, -0.2) is 13.8 Å². The van der Waals surface area contributed by atoms with Crippen LogP contribution in [0.5, 0.6) is 0 Å². The summed E-state index contributed by atoms with van der Waals surface area (Å²) in [7, 11) is 1.49. The normalized spacial score (nSPS) is 18.0. The van der Waals surface area contributed by atoms with Crippen molar-refractivity contribution >= 4 is 11.7 Å². The molecule has 6 nitrogen and oxygen atoms in total. The standard InChI is InChI=1S/C19H26F2N4O2/c1-13(11-22)8-7-9-15-10-17(27-6)25(14(2)23-15)12-16(26)24-18(3,4)19(5,20)21/h7-8,10,17H,1,9,12H2,2-6H3,(H,24,26)/b8-7-. The van der Waals surface area contributed by atoms with E-state index >= 15 is 0 Å². The molecule has 1 aliphatic heterocycles. The molecule has 1 amide bonds. The molecule has 0 spiro atoms. The Morgan fingerprint density at radius 2 is 2.15 bits per heavy atom. The van der Waals surface area contributed by atoms with Gasteiger partial charge in [0.05, 0.1) is 11.6 Å². The number of methoxy groups -OCH3 is 1. The Bertz CT molecular complexity index is 712. The number of hydrogen-bond donors (Lipinski definition) is 1. The molecule has 0 saturated carbocycles. The highest BCUT2D eigenvalue weighted by Crippen LogP contribution is 2.27. The van der Waals surface area contributed by atoms with Crippen molar-refractivity contribution in [1.29, 1.82) is 5.26 Å². The first kappa shape index (κ1) is 22.5. The molecule has 1 aliphatic rings. The minimum Gasteiger partial charge on any atom is -0.358 e. The molecular formula is C19H26F2N4O2. The van der Waals surface area contributed by atoms with E-state index in [1.807, 2.05) is 6.07 Å². The van der Waals surface area contributed by atoms with E-state index < -0.39 is 23.6 Å². The van der Waals surface area contributed by atoms with Gasteiger partial charge in [0.1, 0.15) is 12.4 Å². The van der Waals surface area contributed by atoms with Gasteiger partial charge in [0, 0.05) is 31.7 Å². The van der Waals surface area contributed by atoms with Crippen molar-refractivity contribution in [3.05, 3.63) is 36.1 Å². The molecule has 1 rings (SSSR count). The zero-order valence-corrected chi connectivity index (χ0v) is 16.3. The number of nitrogens with one attached hydrogen (secondary N) is 1. The molecule has 0 aromatic rings. The Labute approximate surface area is 158 Å². The summed E-state index contributed by atoms with van der Waals surface area (Å²) < 4.78 is 32.6. The first-order chi connectivity index (χ1) is 12.4. The molecule has 0 bridgehead atoms. The van der Waals surface area contributed by atoms with E-state index in [0.717, 1.165) is 6.92 Å². The third-order valence-corrected chi connectivity index (χ3v) is 4.26. The smallest absolute Gasteiger partial charge is 0.267 e. The number of hydrogen-bond acceptors (Lipinski definition) is 5. The summed E-state index contributed by atoms with van der Waals surface area (Å²) in [6.45, 7) is 8.42.